The van der Waals surface area contributed by atoms with E-state index >= 15 is 0 Å². The third kappa shape index (κ3) is 7.55. The second-order valence-electron chi connectivity index (χ2n) is 1.64. The predicted molar refractivity (Wildman–Crippen MR) is 38.9 cm³/mol. The smallest absolute Gasteiger partial charge is 0.145 e. The Kier molecular flexibility index (Phi) is 8.17. The van der Waals surface area contributed by atoms with Gasteiger partial charge in [-0.2, -0.15) is 0 Å². The van der Waals surface area contributed by atoms with Gasteiger partial charge in [0.25, 0.3) is 0 Å². The van der Waals surface area contributed by atoms with Crippen molar-refractivity contribution in [2.75, 3.05) is 33.0 Å². The lowest BCUT2D eigenvalue weighted by molar-refractivity contribution is -0.112. The zero-order valence-corrected chi connectivity index (χ0v) is 5.91. The van der Waals surface area contributed by atoms with Crippen molar-refractivity contribution >= 4 is 6.29 Å². The van der Waals surface area contributed by atoms with E-state index in [1.807, 2.05) is 0 Å². The fourth-order valence-electron chi connectivity index (χ4n) is 0.435. The first-order valence-corrected chi connectivity index (χ1v) is 3.21. The first-order chi connectivity index (χ1) is 4.91. The minimum absolute atomic E-state index is 0. The maximum absolute atomic E-state index is 9.71. The Morgan fingerprint density at radius 1 is 1.30 bits per heavy atom. The second-order valence-corrected chi connectivity index (χ2v) is 1.64. The zero-order chi connectivity index (χ0) is 7.66. The fraction of sp³-hybridized carbons (Fsp3) is 0.833. The van der Waals surface area contributed by atoms with Crippen LogP contribution in [0.3, 0.4) is 0 Å². The quantitative estimate of drug-likeness (QED) is 0.388. The largest absolute Gasteiger partial charge is 0.378 e. The van der Waals surface area contributed by atoms with Gasteiger partial charge < -0.3 is 20.0 Å². The molecule has 0 spiro atoms. The van der Waals surface area contributed by atoms with E-state index in [9.17, 15) is 4.79 Å². The van der Waals surface area contributed by atoms with Gasteiger partial charge in [-0.15, -0.1) is 0 Å². The Hall–Kier alpha value is -0.450. The van der Waals surface area contributed by atoms with Gasteiger partial charge in [-0.3, -0.25) is 0 Å². The van der Waals surface area contributed by atoms with E-state index in [1.54, 1.807) is 0 Å². The number of nitrogens with two attached hydrogens (primary N) is 1. The highest BCUT2D eigenvalue weighted by atomic mass is 16.5. The summed E-state index contributed by atoms with van der Waals surface area (Å²) >= 11 is 0. The van der Waals surface area contributed by atoms with E-state index in [0.717, 1.165) is 0 Å². The van der Waals surface area contributed by atoms with Crippen molar-refractivity contribution in [3.63, 3.8) is 0 Å². The van der Waals surface area contributed by atoms with Crippen molar-refractivity contribution in [1.29, 1.82) is 0 Å². The van der Waals surface area contributed by atoms with Crippen molar-refractivity contribution in [3.05, 3.63) is 0 Å². The van der Waals surface area contributed by atoms with Crippen LogP contribution in [0.1, 0.15) is 1.43 Å². The number of aldehydes is 1. The Morgan fingerprint density at radius 3 is 2.60 bits per heavy atom. The van der Waals surface area contributed by atoms with Gasteiger partial charge in [-0.1, -0.05) is 0 Å². The fourth-order valence-corrected chi connectivity index (χ4v) is 0.435. The highest BCUT2D eigenvalue weighted by Gasteiger charge is 1.85. The molecule has 0 heterocycles. The summed E-state index contributed by atoms with van der Waals surface area (Å²) in [5.74, 6) is 0. The Morgan fingerprint density at radius 2 is 2.00 bits per heavy atom. The third-order valence-corrected chi connectivity index (χ3v) is 0.820. The monoisotopic (exact) mass is 149 g/mol. The Labute approximate surface area is 61.8 Å². The van der Waals surface area contributed by atoms with Crippen LogP contribution in [-0.4, -0.2) is 39.3 Å². The van der Waals surface area contributed by atoms with Gasteiger partial charge in [-0.05, 0) is 0 Å². The van der Waals surface area contributed by atoms with Crippen molar-refractivity contribution in [2.45, 2.75) is 0 Å². The van der Waals surface area contributed by atoms with Gasteiger partial charge in [0.1, 0.15) is 12.9 Å². The molecule has 0 aromatic carbocycles. The molecule has 0 rings (SSSR count). The summed E-state index contributed by atoms with van der Waals surface area (Å²) in [5.41, 5.74) is 5.15. The van der Waals surface area contributed by atoms with E-state index in [4.69, 9.17) is 15.2 Å². The normalized spacial score (nSPS) is 9.70. The number of hydrogen-bond donors (Lipinski definition) is 1. The van der Waals surface area contributed by atoms with E-state index in [-0.39, 0.29) is 8.03 Å². The molecule has 0 saturated carbocycles. The van der Waals surface area contributed by atoms with Crippen LogP contribution in [0.2, 0.25) is 0 Å². The van der Waals surface area contributed by atoms with Crippen molar-refractivity contribution < 1.29 is 15.7 Å². The molecule has 0 aromatic heterocycles. The summed E-state index contributed by atoms with van der Waals surface area (Å²) in [6.07, 6.45) is 0.711. The van der Waals surface area contributed by atoms with Crippen LogP contribution < -0.4 is 5.73 Å². The van der Waals surface area contributed by atoms with Crippen LogP contribution in [-0.2, 0) is 14.3 Å². The maximum Gasteiger partial charge on any atom is 0.145 e. The molecule has 0 aromatic rings. The van der Waals surface area contributed by atoms with Crippen LogP contribution in [0, 0.1) is 0 Å². The predicted octanol–water partition coefficient (Wildman–Crippen LogP) is -0.577. The van der Waals surface area contributed by atoms with Crippen LogP contribution in [0.15, 0.2) is 0 Å². The SMILES string of the molecule is NCCOCCOCC=O.[HH]. The first kappa shape index (κ1) is 9.55. The lowest BCUT2D eigenvalue weighted by Crippen LogP contribution is -2.12. The molecule has 4 nitrogen and oxygen atoms in total. The molecule has 0 radical (unpaired) electrons. The maximum atomic E-state index is 9.71. The number of rotatable bonds is 7. The molecule has 0 unspecified atom stereocenters. The molecule has 0 atom stereocenters. The van der Waals surface area contributed by atoms with Gasteiger partial charge in [0.2, 0.25) is 0 Å². The highest BCUT2D eigenvalue weighted by Crippen LogP contribution is 1.74. The number of carbonyl (C=O) groups excluding carboxylic acids is 1. The highest BCUT2D eigenvalue weighted by molar-refractivity contribution is 5.50. The van der Waals surface area contributed by atoms with Crippen molar-refractivity contribution in [3.8, 4) is 0 Å². The van der Waals surface area contributed by atoms with E-state index in [1.165, 1.54) is 0 Å². The molecule has 62 valence electrons. The summed E-state index contributed by atoms with van der Waals surface area (Å²) in [4.78, 5) is 9.71. The average molecular weight is 149 g/mol. The van der Waals surface area contributed by atoms with Crippen LogP contribution >= 0.6 is 0 Å². The lowest BCUT2D eigenvalue weighted by atomic mass is 10.7. The minimum atomic E-state index is 0. The molecule has 0 amide bonds. The summed E-state index contributed by atoms with van der Waals surface area (Å²) in [6, 6.07) is 0. The molecule has 0 aliphatic carbocycles. The molecule has 0 fully saturated rings. The van der Waals surface area contributed by atoms with Gasteiger partial charge in [0.15, 0.2) is 0 Å². The summed E-state index contributed by atoms with van der Waals surface area (Å²) < 4.78 is 9.76. The van der Waals surface area contributed by atoms with Crippen LogP contribution in [0.25, 0.3) is 0 Å². The second kappa shape index (κ2) is 8.55. The molecule has 4 heteroatoms. The zero-order valence-electron chi connectivity index (χ0n) is 5.91. The van der Waals surface area contributed by atoms with Crippen molar-refractivity contribution in [2.24, 2.45) is 5.73 Å². The summed E-state index contributed by atoms with van der Waals surface area (Å²) in [6.45, 7) is 2.17. The van der Waals surface area contributed by atoms with Crippen LogP contribution in [0.4, 0.5) is 0 Å². The standard InChI is InChI=1S/C6H13NO3.H2/c7-1-3-9-5-6-10-4-2-8;/h2H,1,3-7H2;1H. The van der Waals surface area contributed by atoms with Gasteiger partial charge in [-0.25, -0.2) is 0 Å². The molecule has 0 bridgehead atoms. The number of carbonyl (C=O) groups is 1. The van der Waals surface area contributed by atoms with E-state index in [0.29, 0.717) is 32.7 Å². The van der Waals surface area contributed by atoms with Crippen molar-refractivity contribution in [1.82, 2.24) is 0 Å². The lowest BCUT2D eigenvalue weighted by Gasteiger charge is -2.00. The number of ether oxygens (including phenoxy) is 2. The third-order valence-electron chi connectivity index (χ3n) is 0.820. The van der Waals surface area contributed by atoms with Gasteiger partial charge in [0.05, 0.1) is 19.8 Å². The Bertz CT molecular complexity index is 82.2. The van der Waals surface area contributed by atoms with E-state index in [2.05, 4.69) is 0 Å². The van der Waals surface area contributed by atoms with Gasteiger partial charge >= 0.3 is 0 Å². The topological polar surface area (TPSA) is 61.6 Å². The molecule has 2 N–H and O–H groups in total. The number of hydrogen-bond acceptors (Lipinski definition) is 4. The molecule has 0 aliphatic heterocycles. The summed E-state index contributed by atoms with van der Waals surface area (Å²) in [7, 11) is 0. The summed E-state index contributed by atoms with van der Waals surface area (Å²) in [5, 5.41) is 0. The minimum Gasteiger partial charge on any atom is -0.378 e. The van der Waals surface area contributed by atoms with Crippen LogP contribution in [0.5, 0.6) is 0 Å². The molecule has 10 heavy (non-hydrogen) atoms. The van der Waals surface area contributed by atoms with Gasteiger partial charge in [0, 0.05) is 7.97 Å². The molecule has 0 saturated heterocycles. The average Bonchev–Trinajstić information content (AvgIpc) is 1.97. The molecule has 0 aliphatic rings. The molecular weight excluding hydrogens is 134 g/mol. The van der Waals surface area contributed by atoms with E-state index < -0.39 is 0 Å². The molecular formula is C6H15NO3. The first-order valence-electron chi connectivity index (χ1n) is 3.21. The Balaban J connectivity index is 0.